The first-order valence-corrected chi connectivity index (χ1v) is 16.2. The molecule has 0 bridgehead atoms. The third-order valence-corrected chi connectivity index (χ3v) is 9.61. The van der Waals surface area contributed by atoms with E-state index in [1.165, 1.54) is 0 Å². The Morgan fingerprint density at radius 1 is 0.460 bits per heavy atom. The van der Waals surface area contributed by atoms with E-state index in [0.717, 1.165) is 77.2 Å². The Kier molecular flexibility index (Phi) is 6.56. The van der Waals surface area contributed by atoms with Gasteiger partial charge in [0.1, 0.15) is 0 Å². The van der Waals surface area contributed by atoms with Crippen molar-refractivity contribution in [2.75, 3.05) is 0 Å². The molecule has 0 aliphatic rings. The average molecular weight is 636 g/mol. The van der Waals surface area contributed by atoms with Gasteiger partial charge in [-0.05, 0) is 76.9 Å². The van der Waals surface area contributed by atoms with Crippen molar-refractivity contribution < 1.29 is 0 Å². The molecule has 0 fully saturated rings. The van der Waals surface area contributed by atoms with Crippen LogP contribution in [0.3, 0.4) is 0 Å². The Bertz CT molecular complexity index is 2920. The number of rotatable bonds is 4. The summed E-state index contributed by atoms with van der Waals surface area (Å²) < 4.78 is 4.47. The van der Waals surface area contributed by atoms with Gasteiger partial charge in [0.05, 0.1) is 52.5 Å². The Labute approximate surface area is 288 Å². The lowest BCUT2D eigenvalue weighted by Crippen LogP contribution is -1.99. The van der Waals surface area contributed by atoms with Gasteiger partial charge in [-0.25, -0.2) is 9.69 Å². The van der Waals surface area contributed by atoms with Crippen LogP contribution in [0.15, 0.2) is 152 Å². The van der Waals surface area contributed by atoms with E-state index in [1.54, 1.807) is 0 Å². The summed E-state index contributed by atoms with van der Waals surface area (Å²) in [5.41, 5.74) is 10.8. The average Bonchev–Trinajstić information content (AvgIpc) is 3.70. The number of aromatic nitrogens is 2. The van der Waals surface area contributed by atoms with E-state index in [0.29, 0.717) is 16.9 Å². The van der Waals surface area contributed by atoms with Gasteiger partial charge in [-0.1, -0.05) is 97.1 Å². The normalized spacial score (nSPS) is 11.1. The molecule has 0 aliphatic carbocycles. The number of fused-ring (bicyclic) bond motifs is 6. The minimum Gasteiger partial charge on any atom is -0.309 e. The molecule has 2 aromatic heterocycles. The number of hydrogen-bond donors (Lipinski definition) is 0. The van der Waals surface area contributed by atoms with Gasteiger partial charge in [-0.2, -0.15) is 5.26 Å². The van der Waals surface area contributed by atoms with Gasteiger partial charge in [0.25, 0.3) is 0 Å². The molecular formula is C45H25N5. The molecular weight excluding hydrogens is 611 g/mol. The van der Waals surface area contributed by atoms with Gasteiger partial charge in [0.2, 0.25) is 0 Å². The predicted molar refractivity (Wildman–Crippen MR) is 203 cm³/mol. The second kappa shape index (κ2) is 11.4. The largest absolute Gasteiger partial charge is 0.309 e. The molecule has 5 nitrogen and oxygen atoms in total. The maximum absolute atomic E-state index is 9.65. The summed E-state index contributed by atoms with van der Waals surface area (Å²) in [6, 6.07) is 53.0. The summed E-state index contributed by atoms with van der Waals surface area (Å²) in [6.45, 7) is 16.5. The zero-order valence-corrected chi connectivity index (χ0v) is 26.7. The fourth-order valence-electron chi connectivity index (χ4n) is 7.50. The molecule has 0 spiro atoms. The predicted octanol–water partition coefficient (Wildman–Crippen LogP) is 12.2. The van der Waals surface area contributed by atoms with Crippen molar-refractivity contribution in [3.63, 3.8) is 0 Å². The number of benzene rings is 7. The van der Waals surface area contributed by atoms with Crippen molar-refractivity contribution >= 4 is 55.0 Å². The lowest BCUT2D eigenvalue weighted by Gasteiger charge is -2.19. The summed E-state index contributed by atoms with van der Waals surface area (Å²) in [5.74, 6) is 0. The maximum Gasteiger partial charge on any atom is 0.195 e. The first-order valence-electron chi connectivity index (χ1n) is 16.2. The molecule has 9 rings (SSSR count). The Morgan fingerprint density at radius 2 is 1.04 bits per heavy atom. The van der Waals surface area contributed by atoms with Crippen molar-refractivity contribution in [3.05, 3.63) is 180 Å². The SMILES string of the molecule is [C-]#[N+]c1ccc(-n2c3ccccc3c3cc(C#N)ccc32)cc1-c1cccc([N+]#[C-])c1-c1ccccc1-n1c2ccccc2c2ccccc21. The van der Waals surface area contributed by atoms with Crippen LogP contribution in [0.2, 0.25) is 0 Å². The van der Waals surface area contributed by atoms with Gasteiger partial charge in [0.15, 0.2) is 11.4 Å². The maximum atomic E-state index is 9.65. The molecule has 0 atom stereocenters. The van der Waals surface area contributed by atoms with E-state index in [4.69, 9.17) is 13.1 Å². The monoisotopic (exact) mass is 635 g/mol. The van der Waals surface area contributed by atoms with Crippen molar-refractivity contribution in [1.29, 1.82) is 5.26 Å². The first-order chi connectivity index (χ1) is 24.7. The minimum atomic E-state index is 0.499. The second-order valence-electron chi connectivity index (χ2n) is 12.2. The van der Waals surface area contributed by atoms with E-state index < -0.39 is 0 Å². The van der Waals surface area contributed by atoms with Crippen LogP contribution in [-0.2, 0) is 0 Å². The van der Waals surface area contributed by atoms with E-state index in [9.17, 15) is 5.26 Å². The van der Waals surface area contributed by atoms with Gasteiger partial charge in [0, 0.05) is 27.2 Å². The lowest BCUT2D eigenvalue weighted by molar-refractivity contribution is 1.18. The van der Waals surface area contributed by atoms with Crippen LogP contribution in [-0.4, -0.2) is 9.13 Å². The van der Waals surface area contributed by atoms with Crippen molar-refractivity contribution in [1.82, 2.24) is 9.13 Å². The summed E-state index contributed by atoms with van der Waals surface area (Å²) in [4.78, 5) is 8.02. The molecule has 0 saturated heterocycles. The van der Waals surface area contributed by atoms with Gasteiger partial charge in [-0.15, -0.1) is 0 Å². The first kappa shape index (κ1) is 28.8. The molecule has 0 aliphatic heterocycles. The van der Waals surface area contributed by atoms with Gasteiger partial charge in [-0.3, -0.25) is 0 Å². The fourth-order valence-corrected chi connectivity index (χ4v) is 7.50. The van der Waals surface area contributed by atoms with Crippen LogP contribution in [0.1, 0.15) is 5.56 Å². The second-order valence-corrected chi connectivity index (χ2v) is 12.2. The quantitative estimate of drug-likeness (QED) is 0.177. The molecule has 9 aromatic rings. The van der Waals surface area contributed by atoms with Gasteiger partial charge >= 0.3 is 0 Å². The molecule has 0 unspecified atom stereocenters. The van der Waals surface area contributed by atoms with E-state index in [-0.39, 0.29) is 0 Å². The van der Waals surface area contributed by atoms with Crippen LogP contribution < -0.4 is 0 Å². The van der Waals surface area contributed by atoms with E-state index >= 15 is 0 Å². The van der Waals surface area contributed by atoms with E-state index in [2.05, 4.69) is 104 Å². The van der Waals surface area contributed by atoms with Gasteiger partial charge < -0.3 is 9.13 Å². The Morgan fingerprint density at radius 3 is 1.72 bits per heavy atom. The molecule has 0 radical (unpaired) electrons. The summed E-state index contributed by atoms with van der Waals surface area (Å²) in [6.07, 6.45) is 0. The third-order valence-electron chi connectivity index (χ3n) is 9.61. The Balaban J connectivity index is 1.33. The zero-order chi connectivity index (χ0) is 33.8. The summed E-state index contributed by atoms with van der Waals surface area (Å²) in [5, 5.41) is 14.0. The van der Waals surface area contributed by atoms with Crippen LogP contribution >= 0.6 is 0 Å². The number of nitrogens with zero attached hydrogens (tertiary/aromatic N) is 5. The summed E-state index contributed by atoms with van der Waals surface area (Å²) in [7, 11) is 0. The number of nitriles is 1. The standard InChI is InChI=1S/C45H25N5/c1-47-38-24-23-30(49-40-18-7-5-14-33(40)37-26-29(28-46)22-25-44(37)49)27-36(38)34-16-11-17-39(48-2)45(34)35-15-6-10-21-43(35)50-41-19-8-3-12-31(41)32-13-4-9-20-42(32)50/h3-27H. The molecule has 0 N–H and O–H groups in total. The molecule has 7 aromatic carbocycles. The molecule has 2 heterocycles. The highest BCUT2D eigenvalue weighted by Gasteiger charge is 2.22. The molecule has 5 heteroatoms. The zero-order valence-electron chi connectivity index (χ0n) is 26.7. The highest BCUT2D eigenvalue weighted by atomic mass is 15.0. The van der Waals surface area contributed by atoms with Crippen LogP contribution in [0.5, 0.6) is 0 Å². The molecule has 50 heavy (non-hydrogen) atoms. The molecule has 0 saturated carbocycles. The van der Waals surface area contributed by atoms with Crippen LogP contribution in [0.4, 0.5) is 11.4 Å². The highest BCUT2D eigenvalue weighted by Crippen LogP contribution is 2.47. The molecule has 0 amide bonds. The summed E-state index contributed by atoms with van der Waals surface area (Å²) >= 11 is 0. The topological polar surface area (TPSA) is 42.4 Å². The number of hydrogen-bond acceptors (Lipinski definition) is 1. The minimum absolute atomic E-state index is 0.499. The van der Waals surface area contributed by atoms with Crippen LogP contribution in [0.25, 0.3) is 86.9 Å². The van der Waals surface area contributed by atoms with Crippen molar-refractivity contribution in [2.45, 2.75) is 0 Å². The van der Waals surface area contributed by atoms with Crippen molar-refractivity contribution in [3.8, 4) is 39.7 Å². The number of para-hydroxylation sites is 4. The van der Waals surface area contributed by atoms with Crippen molar-refractivity contribution in [2.24, 2.45) is 0 Å². The van der Waals surface area contributed by atoms with E-state index in [1.807, 2.05) is 72.8 Å². The Hall–Kier alpha value is -7.39. The lowest BCUT2D eigenvalue weighted by atomic mass is 9.91. The third kappa shape index (κ3) is 4.24. The highest BCUT2D eigenvalue weighted by molar-refractivity contribution is 6.11. The van der Waals surface area contributed by atoms with Crippen LogP contribution in [0, 0.1) is 24.5 Å². The molecule has 230 valence electrons. The smallest absolute Gasteiger partial charge is 0.195 e. The fraction of sp³-hybridized carbons (Fsp3) is 0.